The van der Waals surface area contributed by atoms with Gasteiger partial charge >= 0.3 is 0 Å². The number of unbranched alkanes of at least 4 members (excludes halogenated alkanes) is 3. The highest BCUT2D eigenvalue weighted by molar-refractivity contribution is 7.57. The number of hydrogen-bond acceptors (Lipinski definition) is 5. The molecule has 30 heavy (non-hydrogen) atoms. The summed E-state index contributed by atoms with van der Waals surface area (Å²) in [5.41, 5.74) is 3.24. The molecule has 0 spiro atoms. The lowest BCUT2D eigenvalue weighted by molar-refractivity contribution is 0.319. The van der Waals surface area contributed by atoms with Gasteiger partial charge in [-0.2, -0.15) is 0 Å². The fourth-order valence-corrected chi connectivity index (χ4v) is 3.90. The van der Waals surface area contributed by atoms with Gasteiger partial charge in [0, 0.05) is 18.9 Å². The third-order valence-corrected chi connectivity index (χ3v) is 5.94. The van der Waals surface area contributed by atoms with Crippen molar-refractivity contribution in [3.05, 3.63) is 73.1 Å². The number of aromatic nitrogens is 2. The van der Waals surface area contributed by atoms with Gasteiger partial charge in [-0.05, 0) is 61.3 Å². The van der Waals surface area contributed by atoms with Crippen molar-refractivity contribution in [3.8, 4) is 11.1 Å². The van der Waals surface area contributed by atoms with E-state index in [0.29, 0.717) is 8.58 Å². The molecule has 156 valence electrons. The van der Waals surface area contributed by atoms with E-state index in [1.165, 1.54) is 5.56 Å². The van der Waals surface area contributed by atoms with Crippen LogP contribution in [-0.4, -0.2) is 33.8 Å². The number of pyridine rings is 2. The van der Waals surface area contributed by atoms with Crippen LogP contribution in [-0.2, 0) is 0 Å². The Hall–Kier alpha value is -2.78. The summed E-state index contributed by atoms with van der Waals surface area (Å²) >= 11 is 0. The molecule has 3 rings (SSSR count). The molecule has 5 nitrogen and oxygen atoms in total. The predicted octanol–water partition coefficient (Wildman–Crippen LogP) is 6.33. The highest BCUT2D eigenvalue weighted by Crippen LogP contribution is 2.27. The van der Waals surface area contributed by atoms with Gasteiger partial charge in [-0.1, -0.05) is 63.0 Å². The van der Waals surface area contributed by atoms with Gasteiger partial charge in [0.15, 0.2) is 0 Å². The maximum absolute atomic E-state index is 8.93. The van der Waals surface area contributed by atoms with Crippen LogP contribution in [0, 0.1) is 0 Å². The zero-order valence-corrected chi connectivity index (χ0v) is 18.4. The second-order valence-corrected chi connectivity index (χ2v) is 8.15. The van der Waals surface area contributed by atoms with E-state index in [-0.39, 0.29) is 0 Å². The van der Waals surface area contributed by atoms with Crippen molar-refractivity contribution in [1.82, 2.24) is 9.97 Å². The van der Waals surface area contributed by atoms with Gasteiger partial charge < -0.3 is 10.1 Å². The number of hydrogen-bond donors (Lipinski definition) is 1. The Kier molecular flexibility index (Phi) is 8.80. The Morgan fingerprint density at radius 2 is 1.63 bits per heavy atom. The largest absolute Gasteiger partial charge is 0.411 e. The first-order valence-electron chi connectivity index (χ1n) is 10.4. The molecule has 0 bridgehead atoms. The topological polar surface area (TPSA) is 61.6 Å². The molecular weight excluding hydrogens is 391 g/mol. The average molecular weight is 420 g/mol. The normalized spacial score (nSPS) is 11.8. The summed E-state index contributed by atoms with van der Waals surface area (Å²) in [5.74, 6) is 1.83. The van der Waals surface area contributed by atoms with Crippen LogP contribution in [0.15, 0.2) is 78.2 Å². The third-order valence-electron chi connectivity index (χ3n) is 5.01. The lowest BCUT2D eigenvalue weighted by Gasteiger charge is -2.23. The van der Waals surface area contributed by atoms with E-state index >= 15 is 0 Å². The van der Waals surface area contributed by atoms with Gasteiger partial charge in [-0.3, -0.25) is 0 Å². The maximum Gasteiger partial charge on any atom is 0.134 e. The van der Waals surface area contributed by atoms with Gasteiger partial charge in [0.05, 0.1) is 5.45 Å². The van der Waals surface area contributed by atoms with E-state index in [0.717, 1.165) is 61.3 Å². The van der Waals surface area contributed by atoms with Gasteiger partial charge in [0.1, 0.15) is 11.6 Å². The molecule has 0 saturated heterocycles. The highest BCUT2D eigenvalue weighted by atomic mass is 31.1. The van der Waals surface area contributed by atoms with Crippen molar-refractivity contribution in [3.63, 3.8) is 0 Å². The van der Waals surface area contributed by atoms with Crippen LogP contribution in [0.1, 0.15) is 32.1 Å². The zero-order valence-electron chi connectivity index (χ0n) is 17.4. The molecule has 1 unspecified atom stereocenters. The fraction of sp³-hybridized carbons (Fsp3) is 0.292. The van der Waals surface area contributed by atoms with Gasteiger partial charge in [-0.15, -0.1) is 0 Å². The molecule has 0 radical (unpaired) electrons. The Balaban J connectivity index is 1.67. The molecule has 2 heterocycles. The third kappa shape index (κ3) is 6.36. The minimum Gasteiger partial charge on any atom is -0.411 e. The first-order valence-corrected chi connectivity index (χ1v) is 11.9. The molecule has 1 aromatic carbocycles. The molecule has 3 aromatic rings. The molecule has 0 amide bonds. The van der Waals surface area contributed by atoms with E-state index in [1.54, 1.807) is 0 Å². The molecule has 1 N–H and O–H groups in total. The summed E-state index contributed by atoms with van der Waals surface area (Å²) in [6.07, 6.45) is 8.93. The number of rotatable bonds is 11. The second kappa shape index (κ2) is 12.0. The van der Waals surface area contributed by atoms with Gasteiger partial charge in [0.2, 0.25) is 0 Å². The Morgan fingerprint density at radius 1 is 0.867 bits per heavy atom. The number of oxime groups is 1. The second-order valence-electron chi connectivity index (χ2n) is 7.07. The summed E-state index contributed by atoms with van der Waals surface area (Å²) in [5, 5.41) is 12.3. The van der Waals surface area contributed by atoms with Crippen LogP contribution in [0.2, 0.25) is 0 Å². The van der Waals surface area contributed by atoms with Crippen LogP contribution in [0.3, 0.4) is 0 Å². The zero-order chi connectivity index (χ0) is 21.0. The first kappa shape index (κ1) is 21.9. The minimum absolute atomic E-state index is 0.581. The molecule has 0 fully saturated rings. The minimum atomic E-state index is 0.581. The number of nitrogens with zero attached hydrogens (tertiary/aromatic N) is 4. The molecule has 0 aliphatic heterocycles. The lowest BCUT2D eigenvalue weighted by Crippen LogP contribution is -2.20. The lowest BCUT2D eigenvalue weighted by atomic mass is 10.1. The smallest absolute Gasteiger partial charge is 0.134 e. The summed E-state index contributed by atoms with van der Waals surface area (Å²) < 4.78 is 0. The molecule has 1 atom stereocenters. The number of anilines is 2. The van der Waals surface area contributed by atoms with Gasteiger partial charge in [-0.25, -0.2) is 9.97 Å². The number of benzene rings is 1. The van der Waals surface area contributed by atoms with Crippen molar-refractivity contribution in [2.24, 2.45) is 5.16 Å². The van der Waals surface area contributed by atoms with E-state index in [2.05, 4.69) is 57.0 Å². The summed E-state index contributed by atoms with van der Waals surface area (Å²) in [6.45, 7) is 2.91. The summed E-state index contributed by atoms with van der Waals surface area (Å²) in [4.78, 5) is 11.4. The average Bonchev–Trinajstić information content (AvgIpc) is 2.82. The Bertz CT molecular complexity index is 919. The summed E-state index contributed by atoms with van der Waals surface area (Å²) in [7, 11) is 0.581. The summed E-state index contributed by atoms with van der Waals surface area (Å²) in [6, 6.07) is 20.5. The Morgan fingerprint density at radius 3 is 2.37 bits per heavy atom. The van der Waals surface area contributed by atoms with Crippen LogP contribution in [0.4, 0.5) is 11.6 Å². The quantitative estimate of drug-likeness (QED) is 0.129. The van der Waals surface area contributed by atoms with Crippen LogP contribution >= 0.6 is 8.58 Å². The van der Waals surface area contributed by atoms with Crippen LogP contribution in [0.25, 0.3) is 11.1 Å². The predicted molar refractivity (Wildman–Crippen MR) is 127 cm³/mol. The molecule has 0 aliphatic rings. The van der Waals surface area contributed by atoms with Crippen molar-refractivity contribution in [2.75, 3.05) is 18.1 Å². The van der Waals surface area contributed by atoms with Crippen molar-refractivity contribution in [2.45, 2.75) is 32.1 Å². The van der Waals surface area contributed by atoms with E-state index in [4.69, 9.17) is 5.21 Å². The van der Waals surface area contributed by atoms with E-state index < -0.39 is 0 Å². The Labute approximate surface area is 180 Å². The maximum atomic E-state index is 8.93. The molecule has 0 saturated carbocycles. The van der Waals surface area contributed by atoms with E-state index in [1.807, 2.05) is 42.7 Å². The van der Waals surface area contributed by atoms with Crippen LogP contribution in [0.5, 0.6) is 0 Å². The van der Waals surface area contributed by atoms with Gasteiger partial charge in [0.25, 0.3) is 0 Å². The highest BCUT2D eigenvalue weighted by Gasteiger charge is 2.12. The van der Waals surface area contributed by atoms with Crippen LogP contribution < -0.4 is 4.90 Å². The van der Waals surface area contributed by atoms with Crippen molar-refractivity contribution < 1.29 is 5.21 Å². The molecular formula is C24H29N4OP. The first-order chi connectivity index (χ1) is 14.8. The molecule has 0 aliphatic carbocycles. The standard InChI is InChI=1S/C24H29N4OP/c1-30-24(27-29)14-7-2-3-10-18-28(22-13-8-9-16-25-22)23-19-21(15-17-26-23)20-11-5-4-6-12-20/h4-6,8-9,11-13,15-17,19,29-30H,2-3,7,10,14,18H2,1H3. The van der Waals surface area contributed by atoms with Crippen molar-refractivity contribution in [1.29, 1.82) is 0 Å². The molecule has 6 heteroatoms. The fourth-order valence-electron chi connectivity index (χ4n) is 3.38. The van der Waals surface area contributed by atoms with Crippen molar-refractivity contribution >= 4 is 25.7 Å². The molecule has 2 aromatic heterocycles. The monoisotopic (exact) mass is 420 g/mol. The SMILES string of the molecule is CPC(CCCCCCN(c1ccccn1)c1cc(-c2ccccc2)ccn1)=NO. The van der Waals surface area contributed by atoms with E-state index in [9.17, 15) is 0 Å².